The van der Waals surface area contributed by atoms with Gasteiger partial charge in [0.05, 0.1) is 42.5 Å². The summed E-state index contributed by atoms with van der Waals surface area (Å²) in [5.41, 5.74) is 0. The monoisotopic (exact) mass is 404 g/mol. The van der Waals surface area contributed by atoms with Crippen LogP contribution in [0.1, 0.15) is 27.2 Å². The largest absolute Gasteiger partial charge is 0.333 e. The molecule has 2 rings (SSSR count). The molecule has 0 aromatic heterocycles. The molecular formula is C17H30N3O4S2+. The van der Waals surface area contributed by atoms with Gasteiger partial charge in [-0.15, -0.1) is 0 Å². The number of hydrogen-bond acceptors (Lipinski definition) is 4. The number of benzene rings is 1. The van der Waals surface area contributed by atoms with Crippen LogP contribution in [0, 0.1) is 0 Å². The Morgan fingerprint density at radius 1 is 0.923 bits per heavy atom. The van der Waals surface area contributed by atoms with Gasteiger partial charge in [0.25, 0.3) is 0 Å². The molecule has 0 radical (unpaired) electrons. The highest BCUT2D eigenvalue weighted by atomic mass is 32.2. The molecule has 7 nitrogen and oxygen atoms in total. The van der Waals surface area contributed by atoms with Gasteiger partial charge < -0.3 is 4.90 Å². The fraction of sp³-hybridized carbons (Fsp3) is 0.647. The summed E-state index contributed by atoms with van der Waals surface area (Å²) in [7, 11) is -7.16. The highest BCUT2D eigenvalue weighted by Crippen LogP contribution is 2.20. The van der Waals surface area contributed by atoms with E-state index in [1.807, 2.05) is 0 Å². The Balaban J connectivity index is 2.17. The highest BCUT2D eigenvalue weighted by Gasteiger charge is 2.30. The van der Waals surface area contributed by atoms with Crippen molar-refractivity contribution in [3.05, 3.63) is 24.3 Å². The maximum Gasteiger partial charge on any atom is 0.243 e. The van der Waals surface area contributed by atoms with E-state index in [0.29, 0.717) is 26.2 Å². The predicted molar refractivity (Wildman–Crippen MR) is 101 cm³/mol. The fourth-order valence-corrected chi connectivity index (χ4v) is 6.19. The minimum Gasteiger partial charge on any atom is -0.333 e. The third-order valence-electron chi connectivity index (χ3n) is 4.84. The molecule has 1 N–H and O–H groups in total. The van der Waals surface area contributed by atoms with Gasteiger partial charge in [0, 0.05) is 13.1 Å². The molecular weight excluding hydrogens is 374 g/mol. The fourth-order valence-electron chi connectivity index (χ4n) is 3.29. The van der Waals surface area contributed by atoms with E-state index in [-0.39, 0.29) is 9.79 Å². The lowest BCUT2D eigenvalue weighted by atomic mass is 10.3. The average molecular weight is 405 g/mol. The molecule has 1 aromatic rings. The molecule has 1 heterocycles. The maximum absolute atomic E-state index is 12.8. The van der Waals surface area contributed by atoms with E-state index in [1.165, 1.54) is 37.8 Å². The van der Waals surface area contributed by atoms with Crippen molar-refractivity contribution in [2.75, 3.05) is 45.8 Å². The summed E-state index contributed by atoms with van der Waals surface area (Å²) in [6, 6.07) is 5.58. The molecule has 0 amide bonds. The van der Waals surface area contributed by atoms with Crippen LogP contribution in [0.2, 0.25) is 0 Å². The van der Waals surface area contributed by atoms with Crippen LogP contribution in [0.4, 0.5) is 0 Å². The van der Waals surface area contributed by atoms with Gasteiger partial charge in [-0.25, -0.2) is 16.8 Å². The summed E-state index contributed by atoms with van der Waals surface area (Å²) >= 11 is 0. The van der Waals surface area contributed by atoms with Crippen LogP contribution in [-0.2, 0) is 20.0 Å². The van der Waals surface area contributed by atoms with E-state index < -0.39 is 20.0 Å². The first-order valence-corrected chi connectivity index (χ1v) is 12.1. The van der Waals surface area contributed by atoms with E-state index in [9.17, 15) is 16.8 Å². The second-order valence-electron chi connectivity index (χ2n) is 6.46. The van der Waals surface area contributed by atoms with Crippen molar-refractivity contribution >= 4 is 20.0 Å². The van der Waals surface area contributed by atoms with E-state index in [1.54, 1.807) is 13.8 Å². The Hall–Kier alpha value is -1.00. The van der Waals surface area contributed by atoms with Crippen molar-refractivity contribution in [2.24, 2.45) is 0 Å². The normalized spacial score (nSPS) is 17.7. The molecule has 1 aliphatic heterocycles. The molecule has 1 aliphatic rings. The quantitative estimate of drug-likeness (QED) is 0.662. The first-order valence-electron chi connectivity index (χ1n) is 9.21. The number of quaternary nitrogens is 1. The number of nitrogens with one attached hydrogen (secondary N) is 1. The van der Waals surface area contributed by atoms with Gasteiger partial charge in [-0.1, -0.05) is 20.8 Å². The molecule has 0 atom stereocenters. The van der Waals surface area contributed by atoms with Crippen LogP contribution in [0.3, 0.4) is 0 Å². The molecule has 0 spiro atoms. The van der Waals surface area contributed by atoms with Crippen LogP contribution in [0.5, 0.6) is 0 Å². The number of rotatable bonds is 8. The SMILES string of the molecule is CCC[NH+]1CCN(S(=O)(=O)c2ccc(S(=O)(=O)N(CC)CC)cc2)CC1. The van der Waals surface area contributed by atoms with Gasteiger partial charge in [-0.3, -0.25) is 0 Å². The Morgan fingerprint density at radius 2 is 1.42 bits per heavy atom. The third-order valence-corrected chi connectivity index (χ3v) is 8.81. The van der Waals surface area contributed by atoms with Crippen LogP contribution >= 0.6 is 0 Å². The van der Waals surface area contributed by atoms with Crippen LogP contribution < -0.4 is 4.90 Å². The predicted octanol–water partition coefficient (Wildman–Crippen LogP) is 0.0163. The molecule has 1 aromatic carbocycles. The van der Waals surface area contributed by atoms with E-state index in [2.05, 4.69) is 6.92 Å². The second-order valence-corrected chi connectivity index (χ2v) is 10.3. The van der Waals surface area contributed by atoms with Crippen molar-refractivity contribution in [3.8, 4) is 0 Å². The van der Waals surface area contributed by atoms with Gasteiger partial charge in [0.2, 0.25) is 20.0 Å². The molecule has 0 unspecified atom stereocenters. The smallest absolute Gasteiger partial charge is 0.243 e. The summed E-state index contributed by atoms with van der Waals surface area (Å²) in [4.78, 5) is 1.70. The number of sulfonamides is 2. The molecule has 0 aliphatic carbocycles. The number of piperazine rings is 1. The average Bonchev–Trinajstić information content (AvgIpc) is 2.63. The van der Waals surface area contributed by atoms with Gasteiger partial charge in [0.1, 0.15) is 0 Å². The molecule has 0 saturated carbocycles. The zero-order valence-electron chi connectivity index (χ0n) is 15.8. The Bertz CT molecular complexity index is 780. The van der Waals surface area contributed by atoms with Crippen LogP contribution in [-0.4, -0.2) is 71.3 Å². The highest BCUT2D eigenvalue weighted by molar-refractivity contribution is 7.89. The van der Waals surface area contributed by atoms with Crippen molar-refractivity contribution in [1.29, 1.82) is 0 Å². The first-order chi connectivity index (χ1) is 12.3. The standard InChI is InChI=1S/C17H29N3O4S2/c1-4-11-18-12-14-20(15-13-18)26(23,24)17-9-7-16(8-10-17)25(21,22)19(5-2)6-3/h7-10H,4-6,11-15H2,1-3H3/p+1. The van der Waals surface area contributed by atoms with Crippen molar-refractivity contribution < 1.29 is 21.7 Å². The number of nitrogens with zero attached hydrogens (tertiary/aromatic N) is 2. The lowest BCUT2D eigenvalue weighted by molar-refractivity contribution is -0.903. The van der Waals surface area contributed by atoms with Gasteiger partial charge in [-0.2, -0.15) is 8.61 Å². The lowest BCUT2D eigenvalue weighted by Crippen LogP contribution is -3.14. The topological polar surface area (TPSA) is 79.2 Å². The van der Waals surface area contributed by atoms with Crippen molar-refractivity contribution in [1.82, 2.24) is 8.61 Å². The first kappa shape index (κ1) is 21.3. The summed E-state index contributed by atoms with van der Waals surface area (Å²) in [6.45, 7) is 10.1. The maximum atomic E-state index is 12.8. The summed E-state index contributed by atoms with van der Waals surface area (Å²) in [6.07, 6.45) is 1.09. The molecule has 9 heteroatoms. The van der Waals surface area contributed by atoms with E-state index >= 15 is 0 Å². The summed E-state index contributed by atoms with van der Waals surface area (Å²) in [5, 5.41) is 0. The molecule has 0 bridgehead atoms. The van der Waals surface area contributed by atoms with Gasteiger partial charge in [0.15, 0.2) is 0 Å². The summed E-state index contributed by atoms with van der Waals surface area (Å²) < 4.78 is 53.5. The molecule has 26 heavy (non-hydrogen) atoms. The second kappa shape index (κ2) is 8.79. The zero-order chi connectivity index (χ0) is 19.4. The van der Waals surface area contributed by atoms with E-state index in [0.717, 1.165) is 26.1 Å². The minimum atomic E-state index is -3.58. The Morgan fingerprint density at radius 3 is 1.88 bits per heavy atom. The third kappa shape index (κ3) is 4.45. The van der Waals surface area contributed by atoms with E-state index in [4.69, 9.17) is 0 Å². The summed E-state index contributed by atoms with van der Waals surface area (Å²) in [5.74, 6) is 0. The van der Waals surface area contributed by atoms with Crippen molar-refractivity contribution in [2.45, 2.75) is 37.0 Å². The lowest BCUT2D eigenvalue weighted by Gasteiger charge is -2.31. The molecule has 148 valence electrons. The van der Waals surface area contributed by atoms with Crippen molar-refractivity contribution in [3.63, 3.8) is 0 Å². The van der Waals surface area contributed by atoms with Gasteiger partial charge in [-0.05, 0) is 30.7 Å². The Kier molecular flexibility index (Phi) is 7.20. The number of hydrogen-bond donors (Lipinski definition) is 1. The molecule has 1 fully saturated rings. The minimum absolute atomic E-state index is 0.123. The van der Waals surface area contributed by atoms with Crippen LogP contribution in [0.15, 0.2) is 34.1 Å². The molecule has 1 saturated heterocycles. The van der Waals surface area contributed by atoms with Crippen LogP contribution in [0.25, 0.3) is 0 Å². The van der Waals surface area contributed by atoms with Gasteiger partial charge >= 0.3 is 0 Å². The Labute approximate surface area is 157 Å². The zero-order valence-corrected chi connectivity index (χ0v) is 17.4.